The first kappa shape index (κ1) is 16.3. The van der Waals surface area contributed by atoms with Crippen LogP contribution >= 0.6 is 0 Å². The number of phenolic OH excluding ortho intramolecular Hbond substituents is 5. The van der Waals surface area contributed by atoms with Crippen LogP contribution in [0.2, 0.25) is 0 Å². The maximum absolute atomic E-state index is 11.0. The Kier molecular flexibility index (Phi) is 3.11. The maximum atomic E-state index is 11.0. The number of hydrogen-bond acceptors (Lipinski definition) is 5. The summed E-state index contributed by atoms with van der Waals surface area (Å²) in [6.45, 7) is 1.72. The maximum Gasteiger partial charge on any atom is 0.138 e. The molecule has 0 heterocycles. The lowest BCUT2D eigenvalue weighted by atomic mass is 9.94. The van der Waals surface area contributed by atoms with Crippen LogP contribution in [0, 0.1) is 6.92 Å². The molecule has 5 N–H and O–H groups in total. The van der Waals surface area contributed by atoms with E-state index in [4.69, 9.17) is 0 Å². The van der Waals surface area contributed by atoms with Gasteiger partial charge in [-0.3, -0.25) is 0 Å². The van der Waals surface area contributed by atoms with Crippen LogP contribution in [0.4, 0.5) is 0 Å². The van der Waals surface area contributed by atoms with E-state index in [0.29, 0.717) is 27.1 Å². The number of benzene rings is 5. The molecule has 0 amide bonds. The van der Waals surface area contributed by atoms with Gasteiger partial charge < -0.3 is 25.5 Å². The van der Waals surface area contributed by atoms with Gasteiger partial charge in [0.15, 0.2) is 0 Å². The fourth-order valence-electron chi connectivity index (χ4n) is 4.04. The van der Waals surface area contributed by atoms with Gasteiger partial charge in [-0.1, -0.05) is 24.3 Å². The summed E-state index contributed by atoms with van der Waals surface area (Å²) in [5.41, 5.74) is 0.598. The molecular formula is C23H16O5. The van der Waals surface area contributed by atoms with E-state index in [2.05, 4.69) is 0 Å². The summed E-state index contributed by atoms with van der Waals surface area (Å²) in [6, 6.07) is 13.7. The van der Waals surface area contributed by atoms with Gasteiger partial charge in [0.2, 0.25) is 0 Å². The zero-order valence-corrected chi connectivity index (χ0v) is 14.9. The molecule has 0 unspecified atom stereocenters. The average molecular weight is 372 g/mol. The van der Waals surface area contributed by atoms with Crippen LogP contribution < -0.4 is 0 Å². The Balaban J connectivity index is 2.06. The second-order valence-electron chi connectivity index (χ2n) is 7.08. The van der Waals surface area contributed by atoms with E-state index in [9.17, 15) is 25.5 Å². The molecule has 5 aromatic carbocycles. The van der Waals surface area contributed by atoms with Crippen molar-refractivity contribution in [3.05, 3.63) is 54.1 Å². The van der Waals surface area contributed by atoms with Crippen molar-refractivity contribution in [2.75, 3.05) is 0 Å². The second-order valence-corrected chi connectivity index (χ2v) is 7.08. The van der Waals surface area contributed by atoms with Gasteiger partial charge in [0.05, 0.1) is 21.5 Å². The van der Waals surface area contributed by atoms with Crippen LogP contribution in [0.15, 0.2) is 48.5 Å². The van der Waals surface area contributed by atoms with Gasteiger partial charge in [-0.15, -0.1) is 0 Å². The van der Waals surface area contributed by atoms with Crippen molar-refractivity contribution in [3.63, 3.8) is 0 Å². The topological polar surface area (TPSA) is 101 Å². The van der Waals surface area contributed by atoms with Crippen molar-refractivity contribution in [1.29, 1.82) is 0 Å². The predicted octanol–water partition coefficient (Wildman–Crippen LogP) is 5.14. The van der Waals surface area contributed by atoms with E-state index in [1.807, 2.05) is 0 Å². The third-order valence-electron chi connectivity index (χ3n) is 5.42. The van der Waals surface area contributed by atoms with Crippen molar-refractivity contribution in [1.82, 2.24) is 0 Å². The standard InChI is InChI=1S/C23H16O5/c1-10-5-6-12-8-14-9-13-7-11-3-2-4-15(24)16(11)21(26)18(13)23(28)19(14)22(27)17(12)20(10)25/h2-9,24-28H,1H3. The van der Waals surface area contributed by atoms with Crippen molar-refractivity contribution < 1.29 is 25.5 Å². The van der Waals surface area contributed by atoms with Crippen LogP contribution in [-0.4, -0.2) is 25.5 Å². The number of hydrogen-bond donors (Lipinski definition) is 5. The van der Waals surface area contributed by atoms with Crippen molar-refractivity contribution >= 4 is 43.1 Å². The minimum absolute atomic E-state index is 0.0585. The minimum atomic E-state index is -0.310. The molecule has 28 heavy (non-hydrogen) atoms. The fourth-order valence-corrected chi connectivity index (χ4v) is 4.04. The van der Waals surface area contributed by atoms with E-state index in [1.165, 1.54) is 6.07 Å². The highest BCUT2D eigenvalue weighted by molar-refractivity contribution is 6.19. The van der Waals surface area contributed by atoms with Gasteiger partial charge in [0, 0.05) is 0 Å². The zero-order valence-electron chi connectivity index (χ0n) is 14.9. The number of aryl methyl sites for hydroxylation is 1. The summed E-state index contributed by atoms with van der Waals surface area (Å²) in [6.07, 6.45) is 0. The van der Waals surface area contributed by atoms with Crippen LogP contribution in [0.25, 0.3) is 43.1 Å². The molecule has 0 aromatic heterocycles. The second kappa shape index (κ2) is 5.33. The summed E-state index contributed by atoms with van der Waals surface area (Å²) in [4.78, 5) is 0. The monoisotopic (exact) mass is 372 g/mol. The Morgan fingerprint density at radius 2 is 1.00 bits per heavy atom. The van der Waals surface area contributed by atoms with Crippen LogP contribution in [0.5, 0.6) is 28.7 Å². The highest BCUT2D eigenvalue weighted by Crippen LogP contribution is 2.50. The van der Waals surface area contributed by atoms with Crippen molar-refractivity contribution in [2.45, 2.75) is 6.92 Å². The third kappa shape index (κ3) is 1.96. The molecule has 5 nitrogen and oxygen atoms in total. The lowest BCUT2D eigenvalue weighted by Gasteiger charge is -2.14. The Hall–Kier alpha value is -3.86. The van der Waals surface area contributed by atoms with Gasteiger partial charge >= 0.3 is 0 Å². The van der Waals surface area contributed by atoms with E-state index in [1.54, 1.807) is 49.4 Å². The molecule has 5 heteroatoms. The summed E-state index contributed by atoms with van der Waals surface area (Å²) in [7, 11) is 0. The van der Waals surface area contributed by atoms with Crippen LogP contribution in [0.3, 0.4) is 0 Å². The molecule has 5 rings (SSSR count). The minimum Gasteiger partial charge on any atom is -0.507 e. The number of rotatable bonds is 0. The lowest BCUT2D eigenvalue weighted by Crippen LogP contribution is -1.86. The molecule has 0 aliphatic rings. The molecule has 0 spiro atoms. The molecule has 0 saturated carbocycles. The van der Waals surface area contributed by atoms with Gasteiger partial charge in [-0.25, -0.2) is 0 Å². The lowest BCUT2D eigenvalue weighted by molar-refractivity contribution is 0.456. The predicted molar refractivity (Wildman–Crippen MR) is 110 cm³/mol. The average Bonchev–Trinajstić information content (AvgIpc) is 2.64. The highest BCUT2D eigenvalue weighted by atomic mass is 16.3. The molecule has 0 fully saturated rings. The van der Waals surface area contributed by atoms with Gasteiger partial charge in [0.1, 0.15) is 28.7 Å². The van der Waals surface area contributed by atoms with Gasteiger partial charge in [-0.05, 0) is 58.3 Å². The molecule has 0 aliphatic heterocycles. The number of phenols is 5. The van der Waals surface area contributed by atoms with E-state index in [-0.39, 0.29) is 50.3 Å². The first-order valence-corrected chi connectivity index (χ1v) is 8.75. The highest BCUT2D eigenvalue weighted by Gasteiger charge is 2.20. The largest absolute Gasteiger partial charge is 0.507 e. The zero-order chi connectivity index (χ0) is 19.7. The normalized spacial score (nSPS) is 11.8. The van der Waals surface area contributed by atoms with E-state index < -0.39 is 0 Å². The third-order valence-corrected chi connectivity index (χ3v) is 5.42. The smallest absolute Gasteiger partial charge is 0.138 e. The Morgan fingerprint density at radius 3 is 1.64 bits per heavy atom. The molecule has 138 valence electrons. The molecule has 0 bridgehead atoms. The Morgan fingerprint density at radius 1 is 0.500 bits per heavy atom. The Bertz CT molecular complexity index is 1470. The Labute approximate surface area is 158 Å². The molecule has 0 radical (unpaired) electrons. The molecule has 5 aromatic rings. The number of aromatic hydroxyl groups is 5. The van der Waals surface area contributed by atoms with Crippen molar-refractivity contribution in [2.24, 2.45) is 0 Å². The molecule has 0 atom stereocenters. The summed E-state index contributed by atoms with van der Waals surface area (Å²) in [5, 5.41) is 56.3. The summed E-state index contributed by atoms with van der Waals surface area (Å²) < 4.78 is 0. The molecular weight excluding hydrogens is 356 g/mol. The fraction of sp³-hybridized carbons (Fsp3) is 0.0435. The molecule has 0 aliphatic carbocycles. The van der Waals surface area contributed by atoms with Crippen LogP contribution in [-0.2, 0) is 0 Å². The quantitative estimate of drug-likeness (QED) is 0.242. The van der Waals surface area contributed by atoms with Gasteiger partial charge in [-0.2, -0.15) is 0 Å². The molecule has 0 saturated heterocycles. The summed E-state index contributed by atoms with van der Waals surface area (Å²) >= 11 is 0. The SMILES string of the molecule is Cc1ccc2cc3cc4cc5cccc(O)c5c(O)c4c(O)c3c(O)c2c1O. The van der Waals surface area contributed by atoms with Crippen LogP contribution in [0.1, 0.15) is 5.56 Å². The van der Waals surface area contributed by atoms with E-state index in [0.717, 1.165) is 0 Å². The van der Waals surface area contributed by atoms with Gasteiger partial charge in [0.25, 0.3) is 0 Å². The summed E-state index contributed by atoms with van der Waals surface area (Å²) in [5.74, 6) is -0.998. The van der Waals surface area contributed by atoms with E-state index >= 15 is 0 Å². The first-order valence-electron chi connectivity index (χ1n) is 8.75. The van der Waals surface area contributed by atoms with Crippen molar-refractivity contribution in [3.8, 4) is 28.7 Å². The first-order chi connectivity index (χ1) is 13.4. The number of fused-ring (bicyclic) bond motifs is 4.